The van der Waals surface area contributed by atoms with Crippen molar-refractivity contribution in [2.24, 2.45) is 23.7 Å². The highest BCUT2D eigenvalue weighted by atomic mass is 79.9. The molecule has 0 unspecified atom stereocenters. The summed E-state index contributed by atoms with van der Waals surface area (Å²) in [5, 5.41) is 0. The first-order chi connectivity index (χ1) is 16.3. The molecule has 0 N–H and O–H groups in total. The highest BCUT2D eigenvalue weighted by molar-refractivity contribution is 9.09. The Kier molecular flexibility index (Phi) is 6.33. The third-order valence-electron chi connectivity index (χ3n) is 8.12. The summed E-state index contributed by atoms with van der Waals surface area (Å²) in [6, 6.07) is 20.6. The van der Waals surface area contributed by atoms with Gasteiger partial charge in [0.05, 0.1) is 31.5 Å². The standard InChI is InChI=1S/C27H31BrO5/c1-29-15-32-24-20-18-12-19-21(20)25(33-23(19)22(18)28)27(31-14-17-10-6-3-7-11-17)26(24)30-13-16-8-4-2-5-9-16/h2-11,18-27H,12-15H2,1H3/t18-,19+,20-,21+,22-,23+,24-,25-,26+,27-/m1/s1. The van der Waals surface area contributed by atoms with Crippen LogP contribution < -0.4 is 0 Å². The van der Waals surface area contributed by atoms with E-state index in [-0.39, 0.29) is 37.3 Å². The summed E-state index contributed by atoms with van der Waals surface area (Å²) in [5.74, 6) is 1.94. The van der Waals surface area contributed by atoms with Crippen LogP contribution in [0.25, 0.3) is 0 Å². The van der Waals surface area contributed by atoms with Crippen LogP contribution in [-0.2, 0) is 36.9 Å². The van der Waals surface area contributed by atoms with Gasteiger partial charge in [0.15, 0.2) is 0 Å². The van der Waals surface area contributed by atoms with Crippen molar-refractivity contribution < 1.29 is 23.7 Å². The maximum Gasteiger partial charge on any atom is 0.146 e. The lowest BCUT2D eigenvalue weighted by atomic mass is 9.67. The van der Waals surface area contributed by atoms with Gasteiger partial charge in [0.25, 0.3) is 0 Å². The van der Waals surface area contributed by atoms with Crippen molar-refractivity contribution in [1.29, 1.82) is 0 Å². The molecule has 176 valence electrons. The lowest BCUT2D eigenvalue weighted by Crippen LogP contribution is -2.60. The summed E-state index contributed by atoms with van der Waals surface area (Å²) in [4.78, 5) is 0.366. The summed E-state index contributed by atoms with van der Waals surface area (Å²) < 4.78 is 31.7. The summed E-state index contributed by atoms with van der Waals surface area (Å²) in [5.41, 5.74) is 2.30. The quantitative estimate of drug-likeness (QED) is 0.362. The molecule has 10 atom stereocenters. The Bertz CT molecular complexity index is 927. The molecule has 4 aliphatic rings. The highest BCUT2D eigenvalue weighted by Gasteiger charge is 2.72. The van der Waals surface area contributed by atoms with Crippen LogP contribution in [0.3, 0.4) is 0 Å². The third-order valence-corrected chi connectivity index (χ3v) is 9.32. The average molecular weight is 515 g/mol. The molecule has 33 heavy (non-hydrogen) atoms. The molecule has 4 fully saturated rings. The molecule has 6 rings (SSSR count). The molecule has 3 saturated carbocycles. The first-order valence-corrected chi connectivity index (χ1v) is 12.9. The van der Waals surface area contributed by atoms with Gasteiger partial charge in [-0.05, 0) is 41.2 Å². The van der Waals surface area contributed by atoms with Gasteiger partial charge in [-0.15, -0.1) is 0 Å². The van der Waals surface area contributed by atoms with E-state index in [2.05, 4.69) is 40.2 Å². The minimum absolute atomic E-state index is 0.0319. The van der Waals surface area contributed by atoms with Gasteiger partial charge in [-0.3, -0.25) is 0 Å². The van der Waals surface area contributed by atoms with E-state index >= 15 is 0 Å². The normalized spacial score (nSPS) is 40.4. The second kappa shape index (κ2) is 9.40. The second-order valence-corrected chi connectivity index (χ2v) is 10.8. The molecule has 1 aliphatic heterocycles. The number of alkyl halides is 1. The molecule has 2 aromatic rings. The van der Waals surface area contributed by atoms with Gasteiger partial charge in [0, 0.05) is 11.9 Å². The summed E-state index contributed by atoms with van der Waals surface area (Å²) in [6.07, 6.45) is 0.975. The topological polar surface area (TPSA) is 46.2 Å². The molecular formula is C27H31BrO5. The van der Waals surface area contributed by atoms with Crippen molar-refractivity contribution in [3.05, 3.63) is 71.8 Å². The zero-order chi connectivity index (χ0) is 22.4. The van der Waals surface area contributed by atoms with E-state index in [1.54, 1.807) is 7.11 Å². The van der Waals surface area contributed by atoms with Crippen molar-refractivity contribution in [3.8, 4) is 0 Å². The van der Waals surface area contributed by atoms with Crippen LogP contribution in [0.4, 0.5) is 0 Å². The first-order valence-electron chi connectivity index (χ1n) is 12.0. The van der Waals surface area contributed by atoms with Gasteiger partial charge in [-0.1, -0.05) is 76.6 Å². The fraction of sp³-hybridized carbons (Fsp3) is 0.556. The van der Waals surface area contributed by atoms with E-state index < -0.39 is 0 Å². The van der Waals surface area contributed by atoms with Crippen LogP contribution in [0.2, 0.25) is 0 Å². The molecular weight excluding hydrogens is 484 g/mol. The zero-order valence-electron chi connectivity index (χ0n) is 18.8. The minimum atomic E-state index is -0.229. The number of fused-ring (bicyclic) bond motifs is 2. The Morgan fingerprint density at radius 3 is 2.03 bits per heavy atom. The maximum absolute atomic E-state index is 6.72. The Morgan fingerprint density at radius 2 is 1.39 bits per heavy atom. The number of hydrogen-bond donors (Lipinski definition) is 0. The number of ether oxygens (including phenoxy) is 5. The van der Waals surface area contributed by atoms with Crippen molar-refractivity contribution >= 4 is 15.9 Å². The molecule has 0 spiro atoms. The number of benzene rings is 2. The summed E-state index contributed by atoms with van der Waals surface area (Å²) >= 11 is 3.98. The van der Waals surface area contributed by atoms with E-state index in [4.69, 9.17) is 23.7 Å². The molecule has 3 aliphatic carbocycles. The van der Waals surface area contributed by atoms with Crippen LogP contribution in [0.15, 0.2) is 60.7 Å². The smallest absolute Gasteiger partial charge is 0.146 e. The molecule has 0 amide bonds. The Balaban J connectivity index is 1.31. The minimum Gasteiger partial charge on any atom is -0.370 e. The number of rotatable bonds is 9. The largest absolute Gasteiger partial charge is 0.370 e. The molecule has 6 heteroatoms. The van der Waals surface area contributed by atoms with E-state index in [0.717, 1.165) is 11.1 Å². The molecule has 5 nitrogen and oxygen atoms in total. The third kappa shape index (κ3) is 3.89. The van der Waals surface area contributed by atoms with Crippen LogP contribution in [0, 0.1) is 23.7 Å². The fourth-order valence-electron chi connectivity index (χ4n) is 6.90. The van der Waals surface area contributed by atoms with Gasteiger partial charge in [0.2, 0.25) is 0 Å². The van der Waals surface area contributed by atoms with Crippen LogP contribution in [0.1, 0.15) is 17.5 Å². The lowest BCUT2D eigenvalue weighted by molar-refractivity contribution is -0.241. The van der Waals surface area contributed by atoms with Crippen LogP contribution in [-0.4, -0.2) is 49.2 Å². The van der Waals surface area contributed by atoms with Crippen molar-refractivity contribution in [1.82, 2.24) is 0 Å². The summed E-state index contributed by atoms with van der Waals surface area (Å²) in [6.45, 7) is 1.30. The molecule has 2 aromatic carbocycles. The summed E-state index contributed by atoms with van der Waals surface area (Å²) in [7, 11) is 1.68. The van der Waals surface area contributed by atoms with Gasteiger partial charge >= 0.3 is 0 Å². The highest BCUT2D eigenvalue weighted by Crippen LogP contribution is 2.65. The van der Waals surface area contributed by atoms with Crippen molar-refractivity contribution in [2.75, 3.05) is 13.9 Å². The van der Waals surface area contributed by atoms with E-state index in [0.29, 0.717) is 41.7 Å². The molecule has 2 bridgehead atoms. The Labute approximate surface area is 203 Å². The first kappa shape index (κ1) is 22.2. The molecule has 0 aromatic heterocycles. The lowest BCUT2D eigenvalue weighted by Gasteiger charge is -2.48. The maximum atomic E-state index is 6.72. The predicted molar refractivity (Wildman–Crippen MR) is 127 cm³/mol. The molecule has 0 radical (unpaired) electrons. The van der Waals surface area contributed by atoms with E-state index in [1.165, 1.54) is 6.42 Å². The van der Waals surface area contributed by atoms with Crippen LogP contribution >= 0.6 is 15.9 Å². The number of methoxy groups -OCH3 is 1. The van der Waals surface area contributed by atoms with Gasteiger partial charge in [-0.25, -0.2) is 0 Å². The SMILES string of the molecule is COCO[C@H]1[C@H](OCc2ccccc2)[C@H](OCc2ccccc2)[C@@H]2O[C@@H]3[C@H](Br)[C@@H]4C[C@H]3[C@H]2[C@@H]41. The zero-order valence-corrected chi connectivity index (χ0v) is 20.4. The fourth-order valence-corrected chi connectivity index (χ4v) is 7.99. The predicted octanol–water partition coefficient (Wildman–Crippen LogP) is 4.57. The van der Waals surface area contributed by atoms with Gasteiger partial charge < -0.3 is 23.7 Å². The van der Waals surface area contributed by atoms with E-state index in [9.17, 15) is 0 Å². The number of hydrogen-bond acceptors (Lipinski definition) is 5. The monoisotopic (exact) mass is 514 g/mol. The van der Waals surface area contributed by atoms with Crippen LogP contribution in [0.5, 0.6) is 0 Å². The van der Waals surface area contributed by atoms with Crippen molar-refractivity contribution in [2.45, 2.75) is 55.0 Å². The van der Waals surface area contributed by atoms with E-state index in [1.807, 2.05) is 36.4 Å². The van der Waals surface area contributed by atoms with Gasteiger partial charge in [-0.2, -0.15) is 0 Å². The van der Waals surface area contributed by atoms with Crippen molar-refractivity contribution in [3.63, 3.8) is 0 Å². The Morgan fingerprint density at radius 1 is 0.758 bits per heavy atom. The molecule has 1 saturated heterocycles. The Hall–Kier alpha value is -1.28. The molecule has 1 heterocycles. The number of halogens is 1. The second-order valence-electron chi connectivity index (χ2n) is 9.79. The van der Waals surface area contributed by atoms with Gasteiger partial charge in [0.1, 0.15) is 19.0 Å². The average Bonchev–Trinajstić information content (AvgIpc) is 3.49.